The molecule has 0 aliphatic carbocycles. The Hall–Kier alpha value is -1.47. The summed E-state index contributed by atoms with van der Waals surface area (Å²) < 4.78 is 0. The fourth-order valence-corrected chi connectivity index (χ4v) is 3.08. The van der Waals surface area contributed by atoms with Crippen LogP contribution >= 0.6 is 11.3 Å². The lowest BCUT2D eigenvalue weighted by atomic mass is 10.0. The molecule has 0 saturated carbocycles. The smallest absolute Gasteiger partial charge is 0.324 e. The van der Waals surface area contributed by atoms with Gasteiger partial charge in [-0.05, 0) is 32.9 Å². The first-order valence-corrected chi connectivity index (χ1v) is 7.26. The number of piperidine rings is 1. The fraction of sp³-hybridized carbons (Fsp3) is 0.583. The Labute approximate surface area is 115 Å². The highest BCUT2D eigenvalue weighted by Gasteiger charge is 2.26. The normalized spacial score (nSPS) is 16.3. The predicted molar refractivity (Wildman–Crippen MR) is 73.6 cm³/mol. The number of nitro groups is 1. The third kappa shape index (κ3) is 3.10. The molecule has 1 aliphatic rings. The molecule has 1 aliphatic heterocycles. The van der Waals surface area contributed by atoms with E-state index in [0.717, 1.165) is 37.3 Å². The quantitative estimate of drug-likeness (QED) is 0.676. The Balaban J connectivity index is 2.12. The summed E-state index contributed by atoms with van der Waals surface area (Å²) in [5.41, 5.74) is 0.428. The van der Waals surface area contributed by atoms with Crippen molar-refractivity contribution in [3.8, 4) is 0 Å². The second-order valence-electron chi connectivity index (χ2n) is 4.50. The average Bonchev–Trinajstić information content (AvgIpc) is 2.90. The minimum Gasteiger partial charge on any atom is -0.336 e. The highest BCUT2D eigenvalue weighted by Crippen LogP contribution is 2.25. The third-order valence-corrected chi connectivity index (χ3v) is 4.24. The molecule has 6 nitrogen and oxygen atoms in total. The van der Waals surface area contributed by atoms with Crippen LogP contribution in [0.5, 0.6) is 0 Å². The first-order valence-electron chi connectivity index (χ1n) is 6.38. The molecule has 1 aromatic heterocycles. The molecule has 19 heavy (non-hydrogen) atoms. The summed E-state index contributed by atoms with van der Waals surface area (Å²) in [5.74, 6) is -0.0984. The van der Waals surface area contributed by atoms with Crippen LogP contribution in [0.4, 0.5) is 5.00 Å². The van der Waals surface area contributed by atoms with Gasteiger partial charge in [-0.3, -0.25) is 14.9 Å². The first-order chi connectivity index (χ1) is 9.13. The number of rotatable bonds is 4. The summed E-state index contributed by atoms with van der Waals surface area (Å²) in [5, 5.41) is 15.5. The molecule has 104 valence electrons. The highest BCUT2D eigenvalue weighted by molar-refractivity contribution is 7.13. The maximum absolute atomic E-state index is 12.4. The zero-order chi connectivity index (χ0) is 13.8. The Kier molecular flexibility index (Phi) is 4.49. The molecule has 0 aromatic carbocycles. The molecule has 2 rings (SSSR count). The van der Waals surface area contributed by atoms with Crippen LogP contribution in [-0.2, 0) is 0 Å². The summed E-state index contributed by atoms with van der Waals surface area (Å²) in [7, 11) is 0. The summed E-state index contributed by atoms with van der Waals surface area (Å²) in [6.45, 7) is 4.41. The summed E-state index contributed by atoms with van der Waals surface area (Å²) in [6.07, 6.45) is 1.87. The van der Waals surface area contributed by atoms with E-state index in [-0.39, 0.29) is 17.0 Å². The van der Waals surface area contributed by atoms with Crippen LogP contribution in [0.25, 0.3) is 0 Å². The SMILES string of the molecule is CCN(C(=O)c1csc([N+](=O)[O-])c1)C1CCNCC1. The van der Waals surface area contributed by atoms with Crippen LogP contribution in [0.2, 0.25) is 0 Å². The predicted octanol–water partition coefficient (Wildman–Crippen LogP) is 1.87. The number of carbonyl (C=O) groups excluding carboxylic acids is 1. The lowest BCUT2D eigenvalue weighted by Gasteiger charge is -2.33. The molecule has 7 heteroatoms. The van der Waals surface area contributed by atoms with Gasteiger partial charge < -0.3 is 10.2 Å². The van der Waals surface area contributed by atoms with Gasteiger partial charge in [0.1, 0.15) is 0 Å². The van der Waals surface area contributed by atoms with Gasteiger partial charge in [-0.1, -0.05) is 11.3 Å². The Morgan fingerprint density at radius 2 is 2.26 bits per heavy atom. The van der Waals surface area contributed by atoms with Gasteiger partial charge in [-0.2, -0.15) is 0 Å². The molecule has 0 unspecified atom stereocenters. The maximum atomic E-state index is 12.4. The van der Waals surface area contributed by atoms with E-state index in [1.54, 1.807) is 5.38 Å². The van der Waals surface area contributed by atoms with Crippen LogP contribution in [0.3, 0.4) is 0 Å². The van der Waals surface area contributed by atoms with Crippen molar-refractivity contribution in [2.24, 2.45) is 0 Å². The van der Waals surface area contributed by atoms with E-state index >= 15 is 0 Å². The molecule has 1 aromatic rings. The van der Waals surface area contributed by atoms with E-state index in [0.29, 0.717) is 12.1 Å². The molecule has 0 radical (unpaired) electrons. The molecule has 0 atom stereocenters. The van der Waals surface area contributed by atoms with Crippen LogP contribution in [0, 0.1) is 10.1 Å². The monoisotopic (exact) mass is 283 g/mol. The van der Waals surface area contributed by atoms with Crippen molar-refractivity contribution < 1.29 is 9.72 Å². The molecule has 1 N–H and O–H groups in total. The summed E-state index contributed by atoms with van der Waals surface area (Å²) in [6, 6.07) is 1.61. The van der Waals surface area contributed by atoms with Gasteiger partial charge in [0, 0.05) is 24.0 Å². The molecular weight excluding hydrogens is 266 g/mol. The first kappa shape index (κ1) is 14.0. The van der Waals surface area contributed by atoms with Crippen molar-refractivity contribution in [1.82, 2.24) is 10.2 Å². The summed E-state index contributed by atoms with van der Waals surface area (Å²) >= 11 is 1.00. The fourth-order valence-electron chi connectivity index (χ4n) is 2.38. The van der Waals surface area contributed by atoms with E-state index in [1.807, 2.05) is 11.8 Å². The number of amides is 1. The topological polar surface area (TPSA) is 75.5 Å². The number of carbonyl (C=O) groups is 1. The Morgan fingerprint density at radius 3 is 2.79 bits per heavy atom. The molecule has 0 bridgehead atoms. The van der Waals surface area contributed by atoms with Crippen molar-refractivity contribution in [1.29, 1.82) is 0 Å². The number of nitrogens with one attached hydrogen (secondary N) is 1. The van der Waals surface area contributed by atoms with Crippen molar-refractivity contribution in [3.05, 3.63) is 27.1 Å². The second kappa shape index (κ2) is 6.12. The van der Waals surface area contributed by atoms with Crippen molar-refractivity contribution in [2.45, 2.75) is 25.8 Å². The molecular formula is C12H17N3O3S. The lowest BCUT2D eigenvalue weighted by Crippen LogP contribution is -2.45. The van der Waals surface area contributed by atoms with Gasteiger partial charge in [-0.25, -0.2) is 0 Å². The van der Waals surface area contributed by atoms with E-state index < -0.39 is 4.92 Å². The number of hydrogen-bond donors (Lipinski definition) is 1. The van der Waals surface area contributed by atoms with Gasteiger partial charge in [-0.15, -0.1) is 0 Å². The van der Waals surface area contributed by atoms with Crippen molar-refractivity contribution >= 4 is 22.2 Å². The number of hydrogen-bond acceptors (Lipinski definition) is 5. The van der Waals surface area contributed by atoms with Crippen LogP contribution < -0.4 is 5.32 Å². The molecule has 0 spiro atoms. The van der Waals surface area contributed by atoms with Gasteiger partial charge >= 0.3 is 5.00 Å². The van der Waals surface area contributed by atoms with E-state index in [9.17, 15) is 14.9 Å². The van der Waals surface area contributed by atoms with E-state index in [4.69, 9.17) is 0 Å². The Morgan fingerprint density at radius 1 is 1.58 bits per heavy atom. The van der Waals surface area contributed by atoms with Gasteiger partial charge in [0.2, 0.25) is 0 Å². The minimum absolute atomic E-state index is 0.0183. The molecule has 2 heterocycles. The highest BCUT2D eigenvalue weighted by atomic mass is 32.1. The zero-order valence-electron chi connectivity index (χ0n) is 10.8. The summed E-state index contributed by atoms with van der Waals surface area (Å²) in [4.78, 5) is 24.4. The van der Waals surface area contributed by atoms with Crippen molar-refractivity contribution in [3.63, 3.8) is 0 Å². The zero-order valence-corrected chi connectivity index (χ0v) is 11.6. The van der Waals surface area contributed by atoms with Crippen LogP contribution in [-0.4, -0.2) is 41.4 Å². The van der Waals surface area contributed by atoms with E-state index in [1.165, 1.54) is 6.07 Å². The maximum Gasteiger partial charge on any atom is 0.324 e. The Bertz CT molecular complexity index is 469. The molecule has 1 fully saturated rings. The van der Waals surface area contributed by atoms with E-state index in [2.05, 4.69) is 5.32 Å². The van der Waals surface area contributed by atoms with Crippen LogP contribution in [0.1, 0.15) is 30.1 Å². The lowest BCUT2D eigenvalue weighted by molar-refractivity contribution is -0.380. The van der Waals surface area contributed by atoms with Crippen molar-refractivity contribution in [2.75, 3.05) is 19.6 Å². The van der Waals surface area contributed by atoms with Crippen LogP contribution in [0.15, 0.2) is 11.4 Å². The second-order valence-corrected chi connectivity index (χ2v) is 5.39. The molecule has 1 saturated heterocycles. The number of nitrogens with zero attached hydrogens (tertiary/aromatic N) is 2. The number of thiophene rings is 1. The van der Waals surface area contributed by atoms with Gasteiger partial charge in [0.05, 0.1) is 10.5 Å². The third-order valence-electron chi connectivity index (χ3n) is 3.36. The standard InChI is InChI=1S/C12H17N3O3S/c1-2-14(10-3-5-13-6-4-10)12(16)9-7-11(15(17)18)19-8-9/h7-8,10,13H,2-6H2,1H3. The minimum atomic E-state index is -0.456. The average molecular weight is 283 g/mol. The van der Waals surface area contributed by atoms with Gasteiger partial charge in [0.25, 0.3) is 5.91 Å². The molecule has 1 amide bonds. The van der Waals surface area contributed by atoms with Gasteiger partial charge in [0.15, 0.2) is 0 Å². The largest absolute Gasteiger partial charge is 0.336 e.